The van der Waals surface area contributed by atoms with Crippen LogP contribution in [0.2, 0.25) is 0 Å². The van der Waals surface area contributed by atoms with Crippen LogP contribution in [0.1, 0.15) is 49.3 Å². The SMILES string of the molecule is CCCCCc1ccc2c(F)c3c(c(O)c2c1)C(O)=C1C(=O)[C@]2(O)C(O)=C(C(N)=O)C(=O)[C@@H](N(C)C)[C@@H]2C[C@@H]1C3. The minimum Gasteiger partial charge on any atom is -0.508 e. The van der Waals surface area contributed by atoms with Crippen LogP contribution in [0.25, 0.3) is 16.5 Å². The normalized spacial score (nSPS) is 26.3. The smallest absolute Gasteiger partial charge is 0.255 e. The maximum absolute atomic E-state index is 15.9. The largest absolute Gasteiger partial charge is 0.508 e. The standard InChI is InChI=1S/C30H33FN2O7/c1-4-5-6-7-13-8-9-15-16(10-13)24(34)20-17(22(15)31)11-14-12-18-23(33(2)3)26(36)21(29(32)39)28(38)30(18,40)27(37)19(14)25(20)35/h8-10,14,18,23,34-35,38,40H,4-7,11-12H2,1-3H3,(H2,32,39)/t14-,18-,23-,30-/m0/s1. The third-order valence-electron chi connectivity index (χ3n) is 8.76. The zero-order chi connectivity index (χ0) is 29.3. The molecule has 0 unspecified atom stereocenters. The van der Waals surface area contributed by atoms with Crippen molar-refractivity contribution in [2.24, 2.45) is 17.6 Å². The van der Waals surface area contributed by atoms with Gasteiger partial charge < -0.3 is 26.2 Å². The Hall–Kier alpha value is -3.76. The first-order valence-corrected chi connectivity index (χ1v) is 13.5. The molecular formula is C30H33FN2O7. The van der Waals surface area contributed by atoms with Crippen molar-refractivity contribution in [1.29, 1.82) is 0 Å². The average molecular weight is 553 g/mol. The Balaban J connectivity index is 1.71. The molecule has 0 aliphatic heterocycles. The van der Waals surface area contributed by atoms with Crippen molar-refractivity contribution in [1.82, 2.24) is 4.90 Å². The number of nitrogens with two attached hydrogens (primary N) is 1. The number of unbranched alkanes of at least 4 members (excludes halogenated alkanes) is 2. The van der Waals surface area contributed by atoms with E-state index in [2.05, 4.69) is 6.92 Å². The van der Waals surface area contributed by atoms with E-state index >= 15 is 4.39 Å². The summed E-state index contributed by atoms with van der Waals surface area (Å²) in [6.45, 7) is 2.08. The Morgan fingerprint density at radius 3 is 2.48 bits per heavy atom. The highest BCUT2D eigenvalue weighted by atomic mass is 19.1. The number of likely N-dealkylation sites (N-methyl/N-ethyl adjacent to an activating group) is 1. The number of aliphatic hydroxyl groups excluding tert-OH is 2. The molecule has 0 saturated heterocycles. The quantitative estimate of drug-likeness (QED) is 0.270. The number of carbonyl (C=O) groups is 3. The van der Waals surface area contributed by atoms with Crippen LogP contribution in [-0.2, 0) is 27.2 Å². The first-order chi connectivity index (χ1) is 18.9. The number of fused-ring (bicyclic) bond motifs is 4. The molecule has 0 aromatic heterocycles. The lowest BCUT2D eigenvalue weighted by molar-refractivity contribution is -0.153. The number of phenolic OH excluding ortho intramolecular Hbond substituents is 1. The number of phenols is 1. The molecule has 5 rings (SSSR count). The predicted octanol–water partition coefficient (Wildman–Crippen LogP) is 2.99. The van der Waals surface area contributed by atoms with E-state index in [9.17, 15) is 34.8 Å². The van der Waals surface area contributed by atoms with Crippen molar-refractivity contribution < 1.29 is 39.2 Å². The van der Waals surface area contributed by atoms with Gasteiger partial charge in [-0.3, -0.25) is 19.3 Å². The number of carbonyl (C=O) groups excluding carboxylic acids is 3. The monoisotopic (exact) mass is 552 g/mol. The van der Waals surface area contributed by atoms with Crippen LogP contribution in [0.15, 0.2) is 35.1 Å². The number of amides is 1. The number of Topliss-reactive ketones (excluding diaryl/α,β-unsaturated/α-hetero) is 2. The third-order valence-corrected chi connectivity index (χ3v) is 8.76. The minimum atomic E-state index is -2.73. The number of aryl methyl sites for hydroxylation is 1. The van der Waals surface area contributed by atoms with Crippen molar-refractivity contribution in [2.45, 2.75) is 57.1 Å². The molecule has 10 heteroatoms. The second kappa shape index (κ2) is 9.71. The molecule has 0 radical (unpaired) electrons. The molecule has 6 N–H and O–H groups in total. The molecule has 2 aromatic rings. The fourth-order valence-corrected chi connectivity index (χ4v) is 6.84. The first kappa shape index (κ1) is 27.8. The van der Waals surface area contributed by atoms with Crippen LogP contribution in [0.5, 0.6) is 5.75 Å². The Labute approximate surface area is 230 Å². The van der Waals surface area contributed by atoms with Gasteiger partial charge in [0, 0.05) is 27.8 Å². The van der Waals surface area contributed by atoms with Gasteiger partial charge in [0.15, 0.2) is 11.4 Å². The second-order valence-corrected chi connectivity index (χ2v) is 11.3. The molecule has 9 nitrogen and oxygen atoms in total. The summed E-state index contributed by atoms with van der Waals surface area (Å²) < 4.78 is 15.9. The zero-order valence-electron chi connectivity index (χ0n) is 22.6. The van der Waals surface area contributed by atoms with Crippen molar-refractivity contribution in [3.05, 3.63) is 57.6 Å². The highest BCUT2D eigenvalue weighted by Crippen LogP contribution is 2.53. The average Bonchev–Trinajstić information content (AvgIpc) is 2.89. The molecule has 3 aliphatic carbocycles. The highest BCUT2D eigenvalue weighted by molar-refractivity contribution is 6.24. The molecule has 1 saturated carbocycles. The number of nitrogens with zero attached hydrogens (tertiary/aromatic N) is 1. The van der Waals surface area contributed by atoms with E-state index in [4.69, 9.17) is 5.73 Å². The van der Waals surface area contributed by atoms with Gasteiger partial charge in [-0.15, -0.1) is 0 Å². The van der Waals surface area contributed by atoms with Gasteiger partial charge in [0.2, 0.25) is 5.78 Å². The van der Waals surface area contributed by atoms with Crippen molar-refractivity contribution in [2.75, 3.05) is 14.1 Å². The maximum Gasteiger partial charge on any atom is 0.255 e. The van der Waals surface area contributed by atoms with Crippen LogP contribution >= 0.6 is 0 Å². The van der Waals surface area contributed by atoms with Gasteiger partial charge in [0.25, 0.3) is 5.91 Å². The van der Waals surface area contributed by atoms with E-state index in [1.54, 1.807) is 12.1 Å². The minimum absolute atomic E-state index is 0.0225. The lowest BCUT2D eigenvalue weighted by atomic mass is 9.57. The van der Waals surface area contributed by atoms with E-state index in [0.717, 1.165) is 31.2 Å². The Kier molecular flexibility index (Phi) is 6.74. The van der Waals surface area contributed by atoms with Crippen molar-refractivity contribution in [3.8, 4) is 5.75 Å². The number of halogens is 1. The topological polar surface area (TPSA) is 161 Å². The second-order valence-electron chi connectivity index (χ2n) is 11.3. The molecule has 1 amide bonds. The summed E-state index contributed by atoms with van der Waals surface area (Å²) in [5.41, 5.74) is 2.09. The van der Waals surface area contributed by atoms with E-state index in [1.165, 1.54) is 19.0 Å². The van der Waals surface area contributed by atoms with Gasteiger partial charge in [-0.05, 0) is 57.3 Å². The number of benzene rings is 2. The fraction of sp³-hybridized carbons (Fsp3) is 0.433. The van der Waals surface area contributed by atoms with Gasteiger partial charge in [-0.25, -0.2) is 4.39 Å². The molecule has 40 heavy (non-hydrogen) atoms. The molecule has 212 valence electrons. The Bertz CT molecular complexity index is 1540. The lowest BCUT2D eigenvalue weighted by Crippen LogP contribution is -2.65. The summed E-state index contributed by atoms with van der Waals surface area (Å²) in [5, 5.41) is 45.6. The number of aliphatic hydroxyl groups is 3. The molecule has 0 spiro atoms. The van der Waals surface area contributed by atoms with Gasteiger partial charge in [0.05, 0.1) is 11.6 Å². The summed E-state index contributed by atoms with van der Waals surface area (Å²) in [7, 11) is 3.04. The molecule has 0 bridgehead atoms. The van der Waals surface area contributed by atoms with Crippen LogP contribution in [-0.4, -0.2) is 68.5 Å². The number of hydrogen-bond acceptors (Lipinski definition) is 8. The molecular weight excluding hydrogens is 519 g/mol. The Morgan fingerprint density at radius 1 is 1.15 bits per heavy atom. The summed E-state index contributed by atoms with van der Waals surface area (Å²) in [6, 6.07) is 3.88. The number of primary amides is 1. The summed E-state index contributed by atoms with van der Waals surface area (Å²) >= 11 is 0. The van der Waals surface area contributed by atoms with E-state index in [0.29, 0.717) is 0 Å². The van der Waals surface area contributed by atoms with Crippen LogP contribution in [0.3, 0.4) is 0 Å². The molecule has 3 aliphatic rings. The summed E-state index contributed by atoms with van der Waals surface area (Å²) in [6.07, 6.45) is 3.50. The lowest BCUT2D eigenvalue weighted by Gasteiger charge is -2.50. The first-order valence-electron chi connectivity index (χ1n) is 13.5. The van der Waals surface area contributed by atoms with E-state index in [1.807, 2.05) is 6.07 Å². The molecule has 4 atom stereocenters. The van der Waals surface area contributed by atoms with Gasteiger partial charge in [0.1, 0.15) is 28.7 Å². The van der Waals surface area contributed by atoms with E-state index in [-0.39, 0.29) is 40.3 Å². The van der Waals surface area contributed by atoms with Crippen LogP contribution in [0, 0.1) is 17.7 Å². The maximum atomic E-state index is 15.9. The van der Waals surface area contributed by atoms with Crippen molar-refractivity contribution in [3.63, 3.8) is 0 Å². The number of aromatic hydroxyl groups is 1. The molecule has 0 heterocycles. The van der Waals surface area contributed by atoms with Crippen LogP contribution in [0.4, 0.5) is 4.39 Å². The van der Waals surface area contributed by atoms with Crippen molar-refractivity contribution >= 4 is 34.0 Å². The van der Waals surface area contributed by atoms with E-state index < -0.39 is 69.6 Å². The van der Waals surface area contributed by atoms with Gasteiger partial charge in [-0.1, -0.05) is 31.9 Å². The summed E-state index contributed by atoms with van der Waals surface area (Å²) in [4.78, 5) is 40.6. The molecule has 2 aromatic carbocycles. The third kappa shape index (κ3) is 3.77. The number of ketones is 2. The van der Waals surface area contributed by atoms with Gasteiger partial charge in [-0.2, -0.15) is 0 Å². The zero-order valence-corrected chi connectivity index (χ0v) is 22.6. The predicted molar refractivity (Wildman–Crippen MR) is 145 cm³/mol. The fourth-order valence-electron chi connectivity index (χ4n) is 6.84. The van der Waals surface area contributed by atoms with Crippen LogP contribution < -0.4 is 5.73 Å². The molecule has 1 fully saturated rings. The Morgan fingerprint density at radius 2 is 1.85 bits per heavy atom. The summed E-state index contributed by atoms with van der Waals surface area (Å²) in [5.74, 6) is -8.20. The number of hydrogen-bond donors (Lipinski definition) is 5. The highest BCUT2D eigenvalue weighted by Gasteiger charge is 2.64. The number of rotatable bonds is 6. The van der Waals surface area contributed by atoms with Gasteiger partial charge >= 0.3 is 0 Å².